The summed E-state index contributed by atoms with van der Waals surface area (Å²) < 4.78 is 6.85. The van der Waals surface area contributed by atoms with Crippen LogP contribution in [0.25, 0.3) is 10.8 Å². The van der Waals surface area contributed by atoms with Gasteiger partial charge in [-0.1, -0.05) is 0 Å². The van der Waals surface area contributed by atoms with Gasteiger partial charge in [0.1, 0.15) is 11.6 Å². The lowest BCUT2D eigenvalue weighted by Gasteiger charge is -2.36. The van der Waals surface area contributed by atoms with Crippen LogP contribution < -0.4 is 15.8 Å². The van der Waals surface area contributed by atoms with Crippen molar-refractivity contribution in [2.24, 2.45) is 0 Å². The van der Waals surface area contributed by atoms with Crippen LogP contribution in [-0.4, -0.2) is 59.2 Å². The molecule has 9 heteroatoms. The Morgan fingerprint density at radius 2 is 1.78 bits per heavy atom. The number of carbonyl (C=O) groups is 3. The lowest BCUT2D eigenvalue weighted by atomic mass is 10.0. The fourth-order valence-electron chi connectivity index (χ4n) is 4.11. The minimum absolute atomic E-state index is 0.217. The number of fused-ring (bicyclic) bond motifs is 1. The molecule has 2 aliphatic rings. The van der Waals surface area contributed by atoms with Crippen molar-refractivity contribution in [3.63, 3.8) is 0 Å². The highest BCUT2D eigenvalue weighted by Crippen LogP contribution is 2.24. The molecule has 1 atom stereocenters. The third-order valence-corrected chi connectivity index (χ3v) is 5.76. The molecule has 2 aromatic rings. The molecule has 2 saturated heterocycles. The van der Waals surface area contributed by atoms with E-state index in [-0.39, 0.29) is 24.0 Å². The molecule has 32 heavy (non-hydrogen) atoms. The predicted molar refractivity (Wildman–Crippen MR) is 120 cm³/mol. The number of rotatable bonds is 2. The summed E-state index contributed by atoms with van der Waals surface area (Å²) in [6, 6.07) is 6.76. The molecule has 2 aliphatic heterocycles. The van der Waals surface area contributed by atoms with E-state index in [9.17, 15) is 19.2 Å². The van der Waals surface area contributed by atoms with Gasteiger partial charge in [0, 0.05) is 49.9 Å². The quantitative estimate of drug-likeness (QED) is 0.718. The maximum atomic E-state index is 13.0. The van der Waals surface area contributed by atoms with E-state index < -0.39 is 17.6 Å². The number of hydrogen-bond donors (Lipinski definition) is 1. The van der Waals surface area contributed by atoms with Gasteiger partial charge in [-0.2, -0.15) is 0 Å². The summed E-state index contributed by atoms with van der Waals surface area (Å²) in [5, 5.41) is 3.60. The summed E-state index contributed by atoms with van der Waals surface area (Å²) in [6.45, 7) is 8.00. The minimum atomic E-state index is -0.676. The van der Waals surface area contributed by atoms with Gasteiger partial charge in [0.25, 0.3) is 5.56 Å². The van der Waals surface area contributed by atoms with Crippen LogP contribution in [0.2, 0.25) is 0 Å². The summed E-state index contributed by atoms with van der Waals surface area (Å²) >= 11 is 0. The number of carbonyl (C=O) groups excluding carboxylic acids is 3. The second-order valence-corrected chi connectivity index (χ2v) is 9.22. The zero-order chi connectivity index (χ0) is 23.0. The fraction of sp³-hybridized carbons (Fsp3) is 0.478. The van der Waals surface area contributed by atoms with Gasteiger partial charge >= 0.3 is 6.09 Å². The van der Waals surface area contributed by atoms with Gasteiger partial charge in [-0.05, 0) is 56.8 Å². The molecule has 170 valence electrons. The SMILES string of the molecule is CC(C)(C)OC(=O)N1CCN(c2ccc3c(=O)n(C4CCC(=O)NC4=O)ccc3c2)CC1. The Bertz CT molecular complexity index is 1130. The Morgan fingerprint density at radius 3 is 2.44 bits per heavy atom. The Balaban J connectivity index is 1.49. The second-order valence-electron chi connectivity index (χ2n) is 9.22. The van der Waals surface area contributed by atoms with Crippen LogP contribution in [0.1, 0.15) is 39.7 Å². The first-order valence-corrected chi connectivity index (χ1v) is 10.8. The molecule has 4 rings (SSSR count). The average molecular weight is 441 g/mol. The number of nitrogens with zero attached hydrogens (tertiary/aromatic N) is 3. The third kappa shape index (κ3) is 4.46. The minimum Gasteiger partial charge on any atom is -0.444 e. The number of benzene rings is 1. The van der Waals surface area contributed by atoms with E-state index in [1.807, 2.05) is 39.0 Å². The number of pyridine rings is 1. The number of ether oxygens (including phenoxy) is 1. The van der Waals surface area contributed by atoms with E-state index in [1.54, 1.807) is 17.2 Å². The molecule has 0 aliphatic carbocycles. The van der Waals surface area contributed by atoms with Crippen LogP contribution in [0.3, 0.4) is 0 Å². The van der Waals surface area contributed by atoms with Crippen molar-refractivity contribution < 1.29 is 19.1 Å². The molecule has 0 saturated carbocycles. The van der Waals surface area contributed by atoms with Gasteiger partial charge in [0.2, 0.25) is 11.8 Å². The Hall–Kier alpha value is -3.36. The summed E-state index contributed by atoms with van der Waals surface area (Å²) in [4.78, 5) is 52.7. The molecule has 0 spiro atoms. The number of hydrogen-bond acceptors (Lipinski definition) is 6. The number of imide groups is 1. The zero-order valence-electron chi connectivity index (χ0n) is 18.6. The van der Waals surface area contributed by atoms with Crippen LogP contribution in [0.5, 0.6) is 0 Å². The molecular formula is C23H28N4O5. The Labute approximate surface area is 185 Å². The third-order valence-electron chi connectivity index (χ3n) is 5.76. The van der Waals surface area contributed by atoms with Crippen LogP contribution in [0, 0.1) is 0 Å². The van der Waals surface area contributed by atoms with E-state index in [4.69, 9.17) is 4.74 Å². The number of piperazine rings is 1. The van der Waals surface area contributed by atoms with Crippen LogP contribution >= 0.6 is 0 Å². The topological polar surface area (TPSA) is 101 Å². The van der Waals surface area contributed by atoms with E-state index >= 15 is 0 Å². The van der Waals surface area contributed by atoms with Crippen LogP contribution in [0.15, 0.2) is 35.3 Å². The monoisotopic (exact) mass is 440 g/mol. The molecule has 9 nitrogen and oxygen atoms in total. The number of nitrogens with one attached hydrogen (secondary N) is 1. The van der Waals surface area contributed by atoms with Gasteiger partial charge in [0.05, 0.1) is 0 Å². The highest BCUT2D eigenvalue weighted by Gasteiger charge is 2.29. The summed E-state index contributed by atoms with van der Waals surface area (Å²) in [5.41, 5.74) is 0.200. The number of amides is 3. The van der Waals surface area contributed by atoms with E-state index in [0.29, 0.717) is 38.0 Å². The normalized spacial score (nSPS) is 19.8. The first kappa shape index (κ1) is 21.9. The van der Waals surface area contributed by atoms with Gasteiger partial charge in [-0.3, -0.25) is 19.7 Å². The van der Waals surface area contributed by atoms with E-state index in [1.165, 1.54) is 4.57 Å². The van der Waals surface area contributed by atoms with E-state index in [2.05, 4.69) is 10.2 Å². The van der Waals surface area contributed by atoms with Gasteiger partial charge in [-0.15, -0.1) is 0 Å². The fourth-order valence-corrected chi connectivity index (χ4v) is 4.11. The number of anilines is 1. The van der Waals surface area contributed by atoms with Crippen molar-refractivity contribution >= 4 is 34.4 Å². The molecule has 1 aromatic heterocycles. The van der Waals surface area contributed by atoms with Crippen molar-refractivity contribution in [2.45, 2.75) is 45.3 Å². The summed E-state index contributed by atoms with van der Waals surface area (Å²) in [5.74, 6) is -0.751. The Morgan fingerprint density at radius 1 is 1.06 bits per heavy atom. The highest BCUT2D eigenvalue weighted by atomic mass is 16.6. The van der Waals surface area contributed by atoms with Crippen molar-refractivity contribution in [3.8, 4) is 0 Å². The maximum absolute atomic E-state index is 13.0. The van der Waals surface area contributed by atoms with Gasteiger partial charge in [0.15, 0.2) is 0 Å². The molecule has 3 amide bonds. The maximum Gasteiger partial charge on any atom is 0.410 e. The molecule has 0 radical (unpaired) electrons. The predicted octanol–water partition coefficient (Wildman–Crippen LogP) is 2.04. The van der Waals surface area contributed by atoms with E-state index in [0.717, 1.165) is 11.1 Å². The van der Waals surface area contributed by atoms with Gasteiger partial charge in [-0.25, -0.2) is 4.79 Å². The Kier molecular flexibility index (Phi) is 5.66. The molecule has 1 unspecified atom stereocenters. The summed E-state index contributed by atoms with van der Waals surface area (Å²) in [6.07, 6.45) is 1.85. The lowest BCUT2D eigenvalue weighted by molar-refractivity contribution is -0.135. The average Bonchev–Trinajstić information content (AvgIpc) is 2.73. The highest BCUT2D eigenvalue weighted by molar-refractivity contribution is 5.99. The molecule has 3 heterocycles. The summed E-state index contributed by atoms with van der Waals surface area (Å²) in [7, 11) is 0. The molecule has 0 bridgehead atoms. The van der Waals surface area contributed by atoms with Crippen molar-refractivity contribution in [3.05, 3.63) is 40.8 Å². The van der Waals surface area contributed by atoms with Crippen molar-refractivity contribution in [1.29, 1.82) is 0 Å². The number of piperidine rings is 1. The smallest absolute Gasteiger partial charge is 0.410 e. The zero-order valence-corrected chi connectivity index (χ0v) is 18.6. The first-order valence-electron chi connectivity index (χ1n) is 10.8. The number of aromatic nitrogens is 1. The van der Waals surface area contributed by atoms with Crippen LogP contribution in [-0.2, 0) is 14.3 Å². The molecule has 1 aromatic carbocycles. The van der Waals surface area contributed by atoms with Crippen LogP contribution in [0.4, 0.5) is 10.5 Å². The molecule has 2 fully saturated rings. The first-order chi connectivity index (χ1) is 15.1. The molecular weight excluding hydrogens is 412 g/mol. The molecule has 1 N–H and O–H groups in total. The largest absolute Gasteiger partial charge is 0.444 e. The lowest BCUT2D eigenvalue weighted by Crippen LogP contribution is -2.50. The standard InChI is InChI=1S/C23H28N4O5/c1-23(2,3)32-22(31)26-12-10-25(11-13-26)16-4-5-17-15(14-16)8-9-27(21(17)30)18-6-7-19(28)24-20(18)29/h4-5,8-9,14,18H,6-7,10-13H2,1-3H3,(H,24,28,29). The van der Waals surface area contributed by atoms with Gasteiger partial charge < -0.3 is 19.1 Å². The second kappa shape index (κ2) is 8.29. The van der Waals surface area contributed by atoms with Crippen molar-refractivity contribution in [1.82, 2.24) is 14.8 Å². The van der Waals surface area contributed by atoms with Crippen molar-refractivity contribution in [2.75, 3.05) is 31.1 Å².